The second-order valence-electron chi connectivity index (χ2n) is 1.98. The number of rotatable bonds is 6. The largest absolute Gasteiger partial charge is 0.315 e. The van der Waals surface area contributed by atoms with Crippen LogP contribution in [0.5, 0.6) is 0 Å². The smallest absolute Gasteiger partial charge is 0.0524 e. The molecular weight excluding hydrogens is 130 g/mol. The van der Waals surface area contributed by atoms with Gasteiger partial charge in [0.1, 0.15) is 0 Å². The van der Waals surface area contributed by atoms with E-state index in [1.54, 1.807) is 0 Å². The summed E-state index contributed by atoms with van der Waals surface area (Å²) >= 11 is 0. The maximum atomic E-state index is 9.98. The zero-order chi connectivity index (χ0) is 7.82. The normalized spacial score (nSPS) is 9.40. The van der Waals surface area contributed by atoms with E-state index in [0.29, 0.717) is 13.1 Å². The van der Waals surface area contributed by atoms with E-state index in [4.69, 9.17) is 0 Å². The van der Waals surface area contributed by atoms with Crippen molar-refractivity contribution < 1.29 is 0 Å². The van der Waals surface area contributed by atoms with Gasteiger partial charge >= 0.3 is 0 Å². The van der Waals surface area contributed by atoms with Gasteiger partial charge in [-0.05, 0) is 13.5 Å². The first-order valence-electron chi connectivity index (χ1n) is 3.64. The molecule has 0 aromatic rings. The molecule has 4 nitrogen and oxygen atoms in total. The molecule has 0 bridgehead atoms. The topological polar surface area (TPSA) is 44.7 Å². The minimum absolute atomic E-state index is 0.689. The molecule has 0 aromatic heterocycles. The van der Waals surface area contributed by atoms with Gasteiger partial charge in [-0.3, -0.25) is 5.01 Å². The van der Waals surface area contributed by atoms with Crippen molar-refractivity contribution in [2.45, 2.75) is 13.8 Å². The van der Waals surface area contributed by atoms with Crippen molar-refractivity contribution in [2.75, 3.05) is 26.2 Å². The monoisotopic (exact) mass is 145 g/mol. The number of nitrogens with zero attached hydrogens (tertiary/aromatic N) is 2. The van der Waals surface area contributed by atoms with Gasteiger partial charge in [0.2, 0.25) is 0 Å². The number of nitrogens with one attached hydrogen (secondary N) is 1. The molecule has 0 unspecified atom stereocenters. The van der Waals surface area contributed by atoms with Crippen LogP contribution in [-0.2, 0) is 0 Å². The van der Waals surface area contributed by atoms with Crippen LogP contribution in [0.2, 0.25) is 0 Å². The fourth-order valence-corrected chi connectivity index (χ4v) is 0.642. The maximum absolute atomic E-state index is 9.98. The summed E-state index contributed by atoms with van der Waals surface area (Å²) < 4.78 is 0. The highest BCUT2D eigenvalue weighted by molar-refractivity contribution is 4.50. The van der Waals surface area contributed by atoms with Crippen LogP contribution in [0, 0.1) is 4.91 Å². The van der Waals surface area contributed by atoms with Crippen molar-refractivity contribution in [1.82, 2.24) is 10.3 Å². The highest BCUT2D eigenvalue weighted by Gasteiger charge is 1.95. The number of likely N-dealkylation sites (N-methyl/N-ethyl adjacent to an activating group) is 2. The third-order valence-corrected chi connectivity index (χ3v) is 1.28. The molecule has 0 aliphatic carbocycles. The van der Waals surface area contributed by atoms with E-state index in [0.717, 1.165) is 13.1 Å². The van der Waals surface area contributed by atoms with Crippen molar-refractivity contribution in [3.8, 4) is 0 Å². The molecule has 0 heterocycles. The molecule has 0 saturated carbocycles. The van der Waals surface area contributed by atoms with Crippen molar-refractivity contribution in [3.05, 3.63) is 4.91 Å². The summed E-state index contributed by atoms with van der Waals surface area (Å²) in [4.78, 5) is 9.98. The van der Waals surface area contributed by atoms with E-state index in [2.05, 4.69) is 10.6 Å². The molecule has 0 spiro atoms. The Morgan fingerprint density at radius 3 is 2.60 bits per heavy atom. The minimum Gasteiger partial charge on any atom is -0.315 e. The average Bonchev–Trinajstić information content (AvgIpc) is 1.99. The van der Waals surface area contributed by atoms with E-state index < -0.39 is 0 Å². The molecule has 0 aliphatic rings. The SMILES string of the molecule is CCNCCN(CC)N=O. The molecule has 0 amide bonds. The van der Waals surface area contributed by atoms with E-state index in [-0.39, 0.29) is 0 Å². The Bertz CT molecular complexity index is 87.1. The van der Waals surface area contributed by atoms with Crippen molar-refractivity contribution >= 4 is 0 Å². The molecule has 4 heteroatoms. The predicted octanol–water partition coefficient (Wildman–Crippen LogP) is 0.599. The Labute approximate surface area is 61.5 Å². The zero-order valence-corrected chi connectivity index (χ0v) is 6.63. The van der Waals surface area contributed by atoms with Crippen LogP contribution < -0.4 is 5.32 Å². The Morgan fingerprint density at radius 1 is 1.50 bits per heavy atom. The molecule has 60 valence electrons. The van der Waals surface area contributed by atoms with Crippen molar-refractivity contribution in [2.24, 2.45) is 5.29 Å². The lowest BCUT2D eigenvalue weighted by Gasteiger charge is -2.11. The average molecular weight is 145 g/mol. The summed E-state index contributed by atoms with van der Waals surface area (Å²) in [7, 11) is 0. The molecule has 0 aromatic carbocycles. The first kappa shape index (κ1) is 9.36. The van der Waals surface area contributed by atoms with Gasteiger partial charge in [0.15, 0.2) is 0 Å². The molecule has 10 heavy (non-hydrogen) atoms. The van der Waals surface area contributed by atoms with Gasteiger partial charge in [-0.1, -0.05) is 6.92 Å². The van der Waals surface area contributed by atoms with Crippen LogP contribution in [0.4, 0.5) is 0 Å². The van der Waals surface area contributed by atoms with Gasteiger partial charge in [0, 0.05) is 13.1 Å². The zero-order valence-electron chi connectivity index (χ0n) is 6.63. The first-order valence-corrected chi connectivity index (χ1v) is 3.64. The quantitative estimate of drug-likeness (QED) is 0.338. The molecule has 0 rings (SSSR count). The first-order chi connectivity index (χ1) is 4.85. The van der Waals surface area contributed by atoms with E-state index in [9.17, 15) is 4.91 Å². The van der Waals surface area contributed by atoms with Gasteiger partial charge in [0.05, 0.1) is 11.8 Å². The highest BCUT2D eigenvalue weighted by Crippen LogP contribution is 1.84. The van der Waals surface area contributed by atoms with Crippen molar-refractivity contribution in [3.63, 3.8) is 0 Å². The predicted molar refractivity (Wildman–Crippen MR) is 41.6 cm³/mol. The fraction of sp³-hybridized carbons (Fsp3) is 1.00. The van der Waals surface area contributed by atoms with E-state index in [1.807, 2.05) is 13.8 Å². The van der Waals surface area contributed by atoms with E-state index in [1.165, 1.54) is 5.01 Å². The second-order valence-corrected chi connectivity index (χ2v) is 1.98. The Hall–Kier alpha value is -0.640. The third kappa shape index (κ3) is 4.26. The van der Waals surface area contributed by atoms with Crippen LogP contribution in [0.3, 0.4) is 0 Å². The summed E-state index contributed by atoms with van der Waals surface area (Å²) in [5.41, 5.74) is 0. The lowest BCUT2D eigenvalue weighted by Crippen LogP contribution is -2.27. The standard InChI is InChI=1S/C6H15N3O/c1-3-7-5-6-9(4-2)8-10/h7H,3-6H2,1-2H3. The summed E-state index contributed by atoms with van der Waals surface area (Å²) in [6.07, 6.45) is 0. The molecule has 0 atom stereocenters. The fourth-order valence-electron chi connectivity index (χ4n) is 0.642. The molecule has 0 aliphatic heterocycles. The molecule has 0 fully saturated rings. The summed E-state index contributed by atoms with van der Waals surface area (Å²) in [6.45, 7) is 7.10. The van der Waals surface area contributed by atoms with Gasteiger partial charge in [0.25, 0.3) is 0 Å². The van der Waals surface area contributed by atoms with Crippen LogP contribution in [0.1, 0.15) is 13.8 Å². The van der Waals surface area contributed by atoms with Crippen molar-refractivity contribution in [1.29, 1.82) is 0 Å². The Kier molecular flexibility index (Phi) is 6.06. The Morgan fingerprint density at radius 2 is 2.20 bits per heavy atom. The lowest BCUT2D eigenvalue weighted by atomic mass is 10.5. The molecule has 1 N–H and O–H groups in total. The summed E-state index contributed by atoms with van der Waals surface area (Å²) in [5.74, 6) is 0. The molecule has 0 saturated heterocycles. The van der Waals surface area contributed by atoms with E-state index >= 15 is 0 Å². The highest BCUT2D eigenvalue weighted by atomic mass is 16.3. The molecular formula is C6H15N3O. The van der Waals surface area contributed by atoms with Gasteiger partial charge in [-0.25, -0.2) is 0 Å². The van der Waals surface area contributed by atoms with Crippen LogP contribution >= 0.6 is 0 Å². The number of nitroso groups, excluding NO2 is 1. The number of hydrogen-bond acceptors (Lipinski definition) is 3. The van der Waals surface area contributed by atoms with Crippen LogP contribution in [-0.4, -0.2) is 31.2 Å². The Balaban J connectivity index is 3.17. The van der Waals surface area contributed by atoms with Gasteiger partial charge in [-0.2, -0.15) is 0 Å². The van der Waals surface area contributed by atoms with Gasteiger partial charge < -0.3 is 5.32 Å². The van der Waals surface area contributed by atoms with Crippen LogP contribution in [0.15, 0.2) is 5.29 Å². The maximum Gasteiger partial charge on any atom is 0.0524 e. The third-order valence-electron chi connectivity index (χ3n) is 1.28. The minimum atomic E-state index is 0.689. The molecule has 0 radical (unpaired) electrons. The van der Waals surface area contributed by atoms with Crippen LogP contribution in [0.25, 0.3) is 0 Å². The van der Waals surface area contributed by atoms with Gasteiger partial charge in [-0.15, -0.1) is 4.91 Å². The lowest BCUT2D eigenvalue weighted by molar-refractivity contribution is 0.299. The summed E-state index contributed by atoms with van der Waals surface area (Å²) in [6, 6.07) is 0. The number of hydrogen-bond donors (Lipinski definition) is 1. The second kappa shape index (κ2) is 6.48. The summed E-state index contributed by atoms with van der Waals surface area (Å²) in [5, 5.41) is 7.42.